The Labute approximate surface area is 166 Å². The van der Waals surface area contributed by atoms with Crippen LogP contribution in [0.25, 0.3) is 11.2 Å². The van der Waals surface area contributed by atoms with Crippen LogP contribution in [0.2, 0.25) is 0 Å². The third-order valence-corrected chi connectivity index (χ3v) is 5.77. The number of aromatic nitrogens is 3. The molecule has 1 aliphatic carbocycles. The number of amides is 1. The first-order chi connectivity index (χ1) is 13.4. The lowest BCUT2D eigenvalue weighted by Gasteiger charge is -2.41. The van der Waals surface area contributed by atoms with Crippen LogP contribution in [-0.2, 0) is 11.3 Å². The molecule has 0 radical (unpaired) electrons. The number of carbonyl (C=O) groups excluding carboxylic acids is 1. The molecule has 1 amide bonds. The maximum absolute atomic E-state index is 11.8. The lowest BCUT2D eigenvalue weighted by Crippen LogP contribution is -2.40. The summed E-state index contributed by atoms with van der Waals surface area (Å²) in [6, 6.07) is 4.08. The maximum atomic E-state index is 11.8. The molecule has 2 aromatic rings. The van der Waals surface area contributed by atoms with Gasteiger partial charge in [-0.3, -0.25) is 0 Å². The van der Waals surface area contributed by atoms with E-state index in [2.05, 4.69) is 26.3 Å². The Hall–Kier alpha value is -2.31. The molecular weight excluding hydrogens is 354 g/mol. The number of imidazole rings is 1. The number of alkyl carbamates (subject to hydrolysis) is 1. The van der Waals surface area contributed by atoms with Crippen molar-refractivity contribution in [3.05, 3.63) is 18.0 Å². The Bertz CT molecular complexity index is 837. The van der Waals surface area contributed by atoms with E-state index in [0.29, 0.717) is 5.82 Å². The number of fused-ring (bicyclic) bond motifs is 1. The van der Waals surface area contributed by atoms with Crippen LogP contribution >= 0.6 is 0 Å². The van der Waals surface area contributed by atoms with E-state index < -0.39 is 11.7 Å². The molecule has 7 heteroatoms. The molecule has 1 unspecified atom stereocenters. The lowest BCUT2D eigenvalue weighted by molar-refractivity contribution is 0.0522. The van der Waals surface area contributed by atoms with Gasteiger partial charge < -0.3 is 19.9 Å². The van der Waals surface area contributed by atoms with Gasteiger partial charge in [-0.25, -0.2) is 14.8 Å². The molecule has 2 aliphatic rings. The number of ether oxygens (including phenoxy) is 1. The molecule has 152 valence electrons. The Morgan fingerprint density at radius 3 is 2.71 bits per heavy atom. The van der Waals surface area contributed by atoms with Crippen LogP contribution in [0.4, 0.5) is 10.6 Å². The zero-order valence-electron chi connectivity index (χ0n) is 17.1. The van der Waals surface area contributed by atoms with Crippen molar-refractivity contribution in [3.8, 4) is 0 Å². The minimum atomic E-state index is -0.514. The van der Waals surface area contributed by atoms with Crippen molar-refractivity contribution in [1.29, 1.82) is 0 Å². The minimum Gasteiger partial charge on any atom is -0.444 e. The molecule has 1 atom stereocenters. The molecule has 1 saturated carbocycles. The van der Waals surface area contributed by atoms with E-state index in [9.17, 15) is 4.79 Å². The summed E-state index contributed by atoms with van der Waals surface area (Å²) in [4.78, 5) is 26.8. The molecule has 0 spiro atoms. The number of aromatic amines is 1. The fraction of sp³-hybridized carbons (Fsp3) is 0.667. The summed E-state index contributed by atoms with van der Waals surface area (Å²) in [6.45, 7) is 8.00. The molecule has 28 heavy (non-hydrogen) atoms. The highest BCUT2D eigenvalue weighted by Gasteiger charge is 2.31. The second kappa shape index (κ2) is 7.60. The first-order valence-corrected chi connectivity index (χ1v) is 10.4. The first kappa shape index (κ1) is 19.0. The molecule has 0 bridgehead atoms. The van der Waals surface area contributed by atoms with Crippen LogP contribution in [-0.4, -0.2) is 39.7 Å². The van der Waals surface area contributed by atoms with Crippen LogP contribution in [0, 0.1) is 11.8 Å². The Morgan fingerprint density at radius 2 is 2.00 bits per heavy atom. The van der Waals surface area contributed by atoms with Crippen molar-refractivity contribution in [2.75, 3.05) is 18.0 Å². The third-order valence-electron chi connectivity index (χ3n) is 5.77. The SMILES string of the molecule is CC(C)(C)OC(=O)NCc1nc2ccc(N3CCCC(C4CCC4)C3)nc2[nH]1. The summed E-state index contributed by atoms with van der Waals surface area (Å²) >= 11 is 0. The van der Waals surface area contributed by atoms with Crippen molar-refractivity contribution in [2.24, 2.45) is 11.8 Å². The van der Waals surface area contributed by atoms with Crippen LogP contribution in [0.5, 0.6) is 0 Å². The predicted molar refractivity (Wildman–Crippen MR) is 109 cm³/mol. The molecule has 4 rings (SSSR count). The van der Waals surface area contributed by atoms with Crippen LogP contribution in [0.15, 0.2) is 12.1 Å². The fourth-order valence-corrected chi connectivity index (χ4v) is 4.18. The fourth-order valence-electron chi connectivity index (χ4n) is 4.18. The summed E-state index contributed by atoms with van der Waals surface area (Å²) in [5, 5.41) is 2.73. The van der Waals surface area contributed by atoms with E-state index in [0.717, 1.165) is 41.9 Å². The standard InChI is InChI=1S/C21H31N5O2/c1-21(2,3)28-20(27)22-12-17-23-16-9-10-18(25-19(16)24-17)26-11-5-8-15(13-26)14-6-4-7-14/h9-10,14-15H,4-8,11-13H2,1-3H3,(H,22,27)(H,23,24,25). The van der Waals surface area contributed by atoms with Gasteiger partial charge in [-0.15, -0.1) is 0 Å². The molecule has 0 aromatic carbocycles. The van der Waals surface area contributed by atoms with Crippen LogP contribution in [0.3, 0.4) is 0 Å². The summed E-state index contributed by atoms with van der Waals surface area (Å²) in [5.41, 5.74) is 1.07. The monoisotopic (exact) mass is 385 g/mol. The second-order valence-corrected chi connectivity index (χ2v) is 9.12. The Balaban J connectivity index is 1.41. The van der Waals surface area contributed by atoms with Crippen molar-refractivity contribution in [3.63, 3.8) is 0 Å². The number of anilines is 1. The number of nitrogens with one attached hydrogen (secondary N) is 2. The van der Waals surface area contributed by atoms with E-state index in [1.54, 1.807) is 0 Å². The summed E-state index contributed by atoms with van der Waals surface area (Å²) in [6.07, 6.45) is 6.36. The van der Waals surface area contributed by atoms with Gasteiger partial charge in [-0.05, 0) is 57.6 Å². The largest absolute Gasteiger partial charge is 0.444 e. The van der Waals surface area contributed by atoms with Crippen molar-refractivity contribution < 1.29 is 9.53 Å². The number of hydrogen-bond acceptors (Lipinski definition) is 5. The smallest absolute Gasteiger partial charge is 0.408 e. The van der Waals surface area contributed by atoms with Gasteiger partial charge >= 0.3 is 6.09 Å². The molecule has 7 nitrogen and oxygen atoms in total. The second-order valence-electron chi connectivity index (χ2n) is 9.12. The number of H-pyrrole nitrogens is 1. The van der Waals surface area contributed by atoms with Gasteiger partial charge in [-0.1, -0.05) is 19.3 Å². The molecule has 3 heterocycles. The quantitative estimate of drug-likeness (QED) is 0.831. The first-order valence-electron chi connectivity index (χ1n) is 10.4. The van der Waals surface area contributed by atoms with Crippen molar-refractivity contribution in [1.82, 2.24) is 20.3 Å². The zero-order valence-corrected chi connectivity index (χ0v) is 17.1. The summed E-state index contributed by atoms with van der Waals surface area (Å²) < 4.78 is 5.26. The van der Waals surface area contributed by atoms with E-state index in [1.807, 2.05) is 26.8 Å². The van der Waals surface area contributed by atoms with Gasteiger partial charge in [0.05, 0.1) is 6.54 Å². The maximum Gasteiger partial charge on any atom is 0.408 e. The number of nitrogens with zero attached hydrogens (tertiary/aromatic N) is 3. The van der Waals surface area contributed by atoms with E-state index in [-0.39, 0.29) is 6.54 Å². The predicted octanol–water partition coefficient (Wildman–Crippen LogP) is 4.00. The minimum absolute atomic E-state index is 0.286. The normalized spacial score (nSPS) is 20.8. The molecular formula is C21H31N5O2. The number of rotatable bonds is 4. The number of piperidine rings is 1. The van der Waals surface area contributed by atoms with E-state index >= 15 is 0 Å². The molecule has 2 N–H and O–H groups in total. The topological polar surface area (TPSA) is 83.1 Å². The van der Waals surface area contributed by atoms with Crippen molar-refractivity contribution in [2.45, 2.75) is 65.0 Å². The van der Waals surface area contributed by atoms with E-state index in [1.165, 1.54) is 32.1 Å². The van der Waals surface area contributed by atoms with Gasteiger partial charge in [0.1, 0.15) is 22.8 Å². The average molecular weight is 386 g/mol. The van der Waals surface area contributed by atoms with Crippen molar-refractivity contribution >= 4 is 23.1 Å². The van der Waals surface area contributed by atoms with E-state index in [4.69, 9.17) is 9.72 Å². The Morgan fingerprint density at radius 1 is 1.21 bits per heavy atom. The number of pyridine rings is 1. The highest BCUT2D eigenvalue weighted by atomic mass is 16.6. The summed E-state index contributed by atoms with van der Waals surface area (Å²) in [7, 11) is 0. The van der Waals surface area contributed by atoms with Gasteiger partial charge in [0.2, 0.25) is 0 Å². The number of carbonyl (C=O) groups is 1. The zero-order chi connectivity index (χ0) is 19.7. The molecule has 2 fully saturated rings. The lowest BCUT2D eigenvalue weighted by atomic mass is 9.73. The highest BCUT2D eigenvalue weighted by Crippen LogP contribution is 2.38. The Kier molecular flexibility index (Phi) is 5.17. The molecule has 1 aliphatic heterocycles. The van der Waals surface area contributed by atoms with Gasteiger partial charge in [0.15, 0.2) is 5.65 Å². The van der Waals surface area contributed by atoms with Crippen LogP contribution in [0.1, 0.15) is 58.7 Å². The highest BCUT2D eigenvalue weighted by molar-refractivity contribution is 5.73. The van der Waals surface area contributed by atoms with Gasteiger partial charge in [-0.2, -0.15) is 0 Å². The molecule has 2 aromatic heterocycles. The molecule has 1 saturated heterocycles. The third kappa shape index (κ3) is 4.39. The van der Waals surface area contributed by atoms with Gasteiger partial charge in [0, 0.05) is 13.1 Å². The summed E-state index contributed by atoms with van der Waals surface area (Å²) in [5.74, 6) is 3.43. The average Bonchev–Trinajstić information content (AvgIpc) is 2.99. The van der Waals surface area contributed by atoms with Crippen LogP contribution < -0.4 is 10.2 Å². The number of hydrogen-bond donors (Lipinski definition) is 2. The van der Waals surface area contributed by atoms with Gasteiger partial charge in [0.25, 0.3) is 0 Å².